The van der Waals surface area contributed by atoms with E-state index in [1.807, 2.05) is 12.2 Å². The molecular formula is C20H30O3. The second kappa shape index (κ2) is 5.56. The molecule has 0 saturated carbocycles. The van der Waals surface area contributed by atoms with Crippen LogP contribution in [0.2, 0.25) is 0 Å². The molecule has 3 heteroatoms. The van der Waals surface area contributed by atoms with E-state index in [0.29, 0.717) is 18.3 Å². The molecule has 23 heavy (non-hydrogen) atoms. The van der Waals surface area contributed by atoms with Crippen molar-refractivity contribution in [2.75, 3.05) is 0 Å². The van der Waals surface area contributed by atoms with E-state index in [2.05, 4.69) is 34.6 Å². The van der Waals surface area contributed by atoms with Gasteiger partial charge in [0, 0.05) is 11.8 Å². The number of carbonyl (C=O) groups is 1. The average Bonchev–Trinajstić information content (AvgIpc) is 2.95. The fourth-order valence-corrected chi connectivity index (χ4v) is 4.62. The molecule has 5 atom stereocenters. The van der Waals surface area contributed by atoms with Crippen LogP contribution in [0.25, 0.3) is 0 Å². The summed E-state index contributed by atoms with van der Waals surface area (Å²) in [4.78, 5) is 12.8. The van der Waals surface area contributed by atoms with Crippen LogP contribution >= 0.6 is 0 Å². The molecule has 1 N–H and O–H groups in total. The molecule has 1 saturated heterocycles. The van der Waals surface area contributed by atoms with E-state index in [0.717, 1.165) is 19.3 Å². The Hall–Kier alpha value is -0.930. The number of ketones is 1. The Morgan fingerprint density at radius 1 is 1.30 bits per heavy atom. The maximum Gasteiger partial charge on any atom is 0.162 e. The number of aliphatic hydroxyl groups excluding tert-OH is 1. The van der Waals surface area contributed by atoms with Gasteiger partial charge in [-0.3, -0.25) is 4.79 Å². The first kappa shape index (κ1) is 16.9. The zero-order valence-corrected chi connectivity index (χ0v) is 15.1. The highest BCUT2D eigenvalue weighted by molar-refractivity contribution is 5.98. The molecule has 0 unspecified atom stereocenters. The Labute approximate surface area is 139 Å². The van der Waals surface area contributed by atoms with Gasteiger partial charge in [-0.1, -0.05) is 38.0 Å². The predicted octanol–water partition coefficient (Wildman–Crippen LogP) is 3.81. The van der Waals surface area contributed by atoms with E-state index in [1.165, 1.54) is 11.1 Å². The SMILES string of the molecule is C/C1=C\[C@@H](O)C[C@@]2(C)O[C@@H]2C[C@]2(C)C(=O)C=C(C(C)C)[C@@H]2CC1. The Kier molecular flexibility index (Phi) is 4.09. The maximum atomic E-state index is 12.8. The van der Waals surface area contributed by atoms with Crippen LogP contribution in [0, 0.1) is 17.3 Å². The van der Waals surface area contributed by atoms with Gasteiger partial charge < -0.3 is 9.84 Å². The van der Waals surface area contributed by atoms with Gasteiger partial charge in [0.15, 0.2) is 5.78 Å². The van der Waals surface area contributed by atoms with Gasteiger partial charge in [-0.15, -0.1) is 0 Å². The van der Waals surface area contributed by atoms with Gasteiger partial charge in [0.1, 0.15) is 0 Å². The molecule has 0 aromatic rings. The number of aliphatic hydroxyl groups is 1. The lowest BCUT2D eigenvalue weighted by Crippen LogP contribution is -2.34. The van der Waals surface area contributed by atoms with Crippen LogP contribution in [-0.2, 0) is 9.53 Å². The molecule has 1 fully saturated rings. The largest absolute Gasteiger partial charge is 0.389 e. The summed E-state index contributed by atoms with van der Waals surface area (Å²) in [7, 11) is 0. The fourth-order valence-electron chi connectivity index (χ4n) is 4.62. The minimum atomic E-state index is -0.452. The zero-order chi connectivity index (χ0) is 17.0. The molecule has 3 aliphatic rings. The summed E-state index contributed by atoms with van der Waals surface area (Å²) in [6, 6.07) is 0. The fraction of sp³-hybridized carbons (Fsp3) is 0.750. The van der Waals surface area contributed by atoms with E-state index in [1.54, 1.807) is 0 Å². The average molecular weight is 318 g/mol. The predicted molar refractivity (Wildman–Crippen MR) is 91.0 cm³/mol. The highest BCUT2D eigenvalue weighted by Crippen LogP contribution is 2.54. The third-order valence-electron chi connectivity index (χ3n) is 6.26. The standard InChI is InChI=1S/C20H30O3/c1-12(2)15-9-17(22)19(4)11-18-20(5,23-18)10-14(21)8-13(3)6-7-16(15)19/h8-9,12,14,16,18,21H,6-7,10-11H2,1-5H3/b13-8+/t14-,16+,18-,19+,20-/m1/s1. The normalized spacial score (nSPS) is 46.4. The summed E-state index contributed by atoms with van der Waals surface area (Å²) in [5, 5.41) is 10.3. The van der Waals surface area contributed by atoms with Gasteiger partial charge >= 0.3 is 0 Å². The first-order valence-electron chi connectivity index (χ1n) is 8.95. The number of carbonyl (C=O) groups excluding carboxylic acids is 1. The second-order valence-corrected chi connectivity index (χ2v) is 8.58. The minimum Gasteiger partial charge on any atom is -0.389 e. The monoisotopic (exact) mass is 318 g/mol. The van der Waals surface area contributed by atoms with Gasteiger partial charge in [0.05, 0.1) is 17.8 Å². The lowest BCUT2D eigenvalue weighted by atomic mass is 9.68. The molecule has 0 amide bonds. The summed E-state index contributed by atoms with van der Waals surface area (Å²) < 4.78 is 5.94. The summed E-state index contributed by atoms with van der Waals surface area (Å²) in [5.41, 5.74) is 1.88. The van der Waals surface area contributed by atoms with Gasteiger partial charge in [-0.05, 0) is 51.0 Å². The lowest BCUT2D eigenvalue weighted by molar-refractivity contribution is -0.124. The van der Waals surface area contributed by atoms with Crippen LogP contribution in [0.15, 0.2) is 23.3 Å². The zero-order valence-electron chi connectivity index (χ0n) is 15.1. The van der Waals surface area contributed by atoms with Crippen LogP contribution < -0.4 is 0 Å². The number of hydrogen-bond donors (Lipinski definition) is 1. The van der Waals surface area contributed by atoms with Crippen molar-refractivity contribution in [1.82, 2.24) is 0 Å². The quantitative estimate of drug-likeness (QED) is 0.591. The molecule has 0 aromatic carbocycles. The Morgan fingerprint density at radius 2 is 2.00 bits per heavy atom. The molecule has 128 valence electrons. The van der Waals surface area contributed by atoms with Crippen LogP contribution in [-0.4, -0.2) is 28.7 Å². The molecule has 0 bridgehead atoms. The molecule has 1 aliphatic heterocycles. The van der Waals surface area contributed by atoms with Crippen molar-refractivity contribution in [2.24, 2.45) is 17.3 Å². The first-order chi connectivity index (χ1) is 10.7. The first-order valence-corrected chi connectivity index (χ1v) is 8.95. The van der Waals surface area contributed by atoms with Crippen molar-refractivity contribution in [1.29, 1.82) is 0 Å². The topological polar surface area (TPSA) is 49.8 Å². The van der Waals surface area contributed by atoms with Crippen molar-refractivity contribution < 1.29 is 14.6 Å². The number of epoxide rings is 1. The Balaban J connectivity index is 1.94. The van der Waals surface area contributed by atoms with Gasteiger partial charge in [0.25, 0.3) is 0 Å². The van der Waals surface area contributed by atoms with Crippen molar-refractivity contribution in [2.45, 2.75) is 78.1 Å². The van der Waals surface area contributed by atoms with Crippen molar-refractivity contribution >= 4 is 5.78 Å². The highest BCUT2D eigenvalue weighted by Gasteiger charge is 2.58. The van der Waals surface area contributed by atoms with Crippen LogP contribution in [0.5, 0.6) is 0 Å². The molecule has 3 rings (SSSR count). The smallest absolute Gasteiger partial charge is 0.162 e. The number of ether oxygens (including phenoxy) is 1. The molecule has 0 aromatic heterocycles. The molecule has 2 aliphatic carbocycles. The number of allylic oxidation sites excluding steroid dienone is 3. The summed E-state index contributed by atoms with van der Waals surface area (Å²) >= 11 is 0. The van der Waals surface area contributed by atoms with Crippen molar-refractivity contribution in [3.63, 3.8) is 0 Å². The Morgan fingerprint density at radius 3 is 2.65 bits per heavy atom. The molecule has 3 nitrogen and oxygen atoms in total. The van der Waals surface area contributed by atoms with E-state index in [9.17, 15) is 9.90 Å². The van der Waals surface area contributed by atoms with E-state index in [4.69, 9.17) is 4.74 Å². The van der Waals surface area contributed by atoms with Crippen LogP contribution in [0.3, 0.4) is 0 Å². The third-order valence-corrected chi connectivity index (χ3v) is 6.26. The van der Waals surface area contributed by atoms with Gasteiger partial charge in [0.2, 0.25) is 0 Å². The number of hydrogen-bond acceptors (Lipinski definition) is 3. The van der Waals surface area contributed by atoms with Crippen LogP contribution in [0.1, 0.15) is 60.3 Å². The number of rotatable bonds is 1. The molecule has 0 radical (unpaired) electrons. The lowest BCUT2D eigenvalue weighted by Gasteiger charge is -2.33. The van der Waals surface area contributed by atoms with E-state index < -0.39 is 6.10 Å². The number of fused-ring (bicyclic) bond motifs is 2. The minimum absolute atomic E-state index is 0.0836. The summed E-state index contributed by atoms with van der Waals surface area (Å²) in [6.07, 6.45) is 6.82. The maximum absolute atomic E-state index is 12.8. The van der Waals surface area contributed by atoms with Gasteiger partial charge in [-0.25, -0.2) is 0 Å². The molecule has 1 heterocycles. The van der Waals surface area contributed by atoms with Crippen molar-refractivity contribution in [3.05, 3.63) is 23.3 Å². The van der Waals surface area contributed by atoms with E-state index >= 15 is 0 Å². The second-order valence-electron chi connectivity index (χ2n) is 8.58. The third kappa shape index (κ3) is 2.94. The van der Waals surface area contributed by atoms with Gasteiger partial charge in [-0.2, -0.15) is 0 Å². The summed E-state index contributed by atoms with van der Waals surface area (Å²) in [6.45, 7) is 10.6. The highest BCUT2D eigenvalue weighted by atomic mass is 16.6. The Bertz CT molecular complexity index is 573. The summed E-state index contributed by atoms with van der Waals surface area (Å²) in [5.74, 6) is 0.963. The molecule has 0 spiro atoms. The molecular weight excluding hydrogens is 288 g/mol. The van der Waals surface area contributed by atoms with Crippen molar-refractivity contribution in [3.8, 4) is 0 Å². The van der Waals surface area contributed by atoms with E-state index in [-0.39, 0.29) is 22.9 Å². The van der Waals surface area contributed by atoms with Crippen LogP contribution in [0.4, 0.5) is 0 Å².